The van der Waals surface area contributed by atoms with Gasteiger partial charge in [-0.3, -0.25) is 9.59 Å². The smallest absolute Gasteiger partial charge is 0.251 e. The first kappa shape index (κ1) is 17.5. The molecule has 2 amide bonds. The van der Waals surface area contributed by atoms with Crippen molar-refractivity contribution in [2.24, 2.45) is 23.5 Å². The molecule has 2 atom stereocenters. The molecule has 4 rings (SSSR count). The molecule has 5 nitrogen and oxygen atoms in total. The Balaban J connectivity index is 1.32. The van der Waals surface area contributed by atoms with Crippen molar-refractivity contribution in [2.45, 2.75) is 63.6 Å². The van der Waals surface area contributed by atoms with Crippen LogP contribution in [0.4, 0.5) is 0 Å². The normalized spacial score (nSPS) is 30.5. The third-order valence-electron chi connectivity index (χ3n) is 6.35. The van der Waals surface area contributed by atoms with Crippen LogP contribution in [0.15, 0.2) is 24.3 Å². The minimum Gasteiger partial charge on any atom is -0.352 e. The topological polar surface area (TPSA) is 84.2 Å². The molecule has 0 heterocycles. The summed E-state index contributed by atoms with van der Waals surface area (Å²) in [6.07, 6.45) is 7.59. The summed E-state index contributed by atoms with van der Waals surface area (Å²) in [6.45, 7) is 0.473. The maximum atomic E-state index is 12.7. The van der Waals surface area contributed by atoms with Gasteiger partial charge in [0.05, 0.1) is 0 Å². The van der Waals surface area contributed by atoms with Crippen LogP contribution in [0.25, 0.3) is 0 Å². The summed E-state index contributed by atoms with van der Waals surface area (Å²) in [6, 6.07) is 8.18. The Morgan fingerprint density at radius 3 is 2.50 bits per heavy atom. The molecule has 3 saturated carbocycles. The molecule has 0 spiro atoms. The molecular formula is C21H29N3O2. The summed E-state index contributed by atoms with van der Waals surface area (Å²) in [5, 5.41) is 6.08. The van der Waals surface area contributed by atoms with Crippen LogP contribution in [0.2, 0.25) is 0 Å². The van der Waals surface area contributed by atoms with E-state index < -0.39 is 0 Å². The van der Waals surface area contributed by atoms with Crippen LogP contribution >= 0.6 is 0 Å². The van der Waals surface area contributed by atoms with E-state index in [1.165, 1.54) is 19.3 Å². The molecule has 2 bridgehead atoms. The molecule has 2 unspecified atom stereocenters. The average molecular weight is 355 g/mol. The number of amides is 2. The number of nitrogens with one attached hydrogen (secondary N) is 2. The van der Waals surface area contributed by atoms with Gasteiger partial charge in [0, 0.05) is 30.1 Å². The van der Waals surface area contributed by atoms with E-state index in [1.807, 2.05) is 24.3 Å². The number of nitrogens with two attached hydrogens (primary N) is 1. The van der Waals surface area contributed by atoms with Gasteiger partial charge >= 0.3 is 0 Å². The van der Waals surface area contributed by atoms with E-state index in [2.05, 4.69) is 10.6 Å². The van der Waals surface area contributed by atoms with E-state index in [4.69, 9.17) is 5.73 Å². The Morgan fingerprint density at radius 1 is 1.08 bits per heavy atom. The molecule has 3 aliphatic rings. The second kappa shape index (κ2) is 7.39. The van der Waals surface area contributed by atoms with E-state index in [0.29, 0.717) is 30.0 Å². The molecule has 0 aliphatic heterocycles. The first-order valence-corrected chi connectivity index (χ1v) is 10.0. The molecular weight excluding hydrogens is 326 g/mol. The van der Waals surface area contributed by atoms with E-state index in [-0.39, 0.29) is 23.8 Å². The number of rotatable bonds is 5. The van der Waals surface area contributed by atoms with Crippen LogP contribution in [0.1, 0.15) is 60.9 Å². The highest BCUT2D eigenvalue weighted by atomic mass is 16.2. The molecule has 3 aliphatic carbocycles. The van der Waals surface area contributed by atoms with E-state index in [1.54, 1.807) is 0 Å². The molecule has 4 N–H and O–H groups in total. The van der Waals surface area contributed by atoms with Crippen LogP contribution in [0.5, 0.6) is 0 Å². The summed E-state index contributed by atoms with van der Waals surface area (Å²) in [5.41, 5.74) is 7.96. The number of benzene rings is 1. The van der Waals surface area contributed by atoms with Crippen molar-refractivity contribution in [1.29, 1.82) is 0 Å². The fourth-order valence-corrected chi connectivity index (χ4v) is 4.66. The lowest BCUT2D eigenvalue weighted by atomic mass is 9.65. The van der Waals surface area contributed by atoms with Gasteiger partial charge in [-0.15, -0.1) is 0 Å². The average Bonchev–Trinajstić information content (AvgIpc) is 3.43. The fraction of sp³-hybridized carbons (Fsp3) is 0.619. The van der Waals surface area contributed by atoms with Crippen molar-refractivity contribution < 1.29 is 9.59 Å². The second-order valence-corrected chi connectivity index (χ2v) is 8.36. The lowest BCUT2D eigenvalue weighted by Gasteiger charge is -2.43. The number of hydrogen-bond acceptors (Lipinski definition) is 3. The summed E-state index contributed by atoms with van der Waals surface area (Å²) in [5.74, 6) is 1.23. The van der Waals surface area contributed by atoms with Crippen molar-refractivity contribution in [3.63, 3.8) is 0 Å². The van der Waals surface area contributed by atoms with Crippen molar-refractivity contribution >= 4 is 11.8 Å². The molecule has 0 saturated heterocycles. The van der Waals surface area contributed by atoms with E-state index >= 15 is 0 Å². The minimum absolute atomic E-state index is 0.0187. The maximum Gasteiger partial charge on any atom is 0.251 e. The molecule has 3 fully saturated rings. The van der Waals surface area contributed by atoms with Gasteiger partial charge in [0.2, 0.25) is 5.91 Å². The number of hydrogen-bond donors (Lipinski definition) is 3. The van der Waals surface area contributed by atoms with Gasteiger partial charge in [-0.05, 0) is 68.1 Å². The first-order valence-electron chi connectivity index (χ1n) is 10.0. The van der Waals surface area contributed by atoms with Crippen molar-refractivity contribution in [1.82, 2.24) is 10.6 Å². The Bertz CT molecular complexity index is 672. The molecule has 140 valence electrons. The zero-order valence-corrected chi connectivity index (χ0v) is 15.2. The van der Waals surface area contributed by atoms with Gasteiger partial charge in [0.25, 0.3) is 5.91 Å². The van der Waals surface area contributed by atoms with E-state index in [9.17, 15) is 9.59 Å². The van der Waals surface area contributed by atoms with Gasteiger partial charge in [-0.2, -0.15) is 0 Å². The molecule has 5 heteroatoms. The zero-order valence-electron chi connectivity index (χ0n) is 15.2. The minimum atomic E-state index is -0.0187. The SMILES string of the molecule is NC1C2CCCC1CC(C(=O)NCc1cccc(C(=O)NC3CC3)c1)C2. The molecule has 26 heavy (non-hydrogen) atoms. The largest absolute Gasteiger partial charge is 0.352 e. The lowest BCUT2D eigenvalue weighted by molar-refractivity contribution is -0.128. The fourth-order valence-electron chi connectivity index (χ4n) is 4.66. The second-order valence-electron chi connectivity index (χ2n) is 8.36. The van der Waals surface area contributed by atoms with Crippen molar-refractivity contribution in [2.75, 3.05) is 0 Å². The van der Waals surface area contributed by atoms with Gasteiger partial charge < -0.3 is 16.4 Å². The summed E-state index contributed by atoms with van der Waals surface area (Å²) in [7, 11) is 0. The van der Waals surface area contributed by atoms with Gasteiger partial charge in [-0.1, -0.05) is 18.6 Å². The van der Waals surface area contributed by atoms with Gasteiger partial charge in [-0.25, -0.2) is 0 Å². The first-order chi connectivity index (χ1) is 12.6. The standard InChI is InChI=1S/C21H29N3O2/c22-19-14-4-2-5-15(19)11-17(10-14)20(25)23-12-13-3-1-6-16(9-13)21(26)24-18-7-8-18/h1,3,6,9,14-15,17-19H,2,4-5,7-8,10-12,22H2,(H,23,25)(H,24,26). The van der Waals surface area contributed by atoms with Crippen molar-refractivity contribution in [3.8, 4) is 0 Å². The van der Waals surface area contributed by atoms with Crippen molar-refractivity contribution in [3.05, 3.63) is 35.4 Å². The third-order valence-corrected chi connectivity index (χ3v) is 6.35. The number of carbonyl (C=O) groups is 2. The van der Waals surface area contributed by atoms with Crippen LogP contribution < -0.4 is 16.4 Å². The van der Waals surface area contributed by atoms with E-state index in [0.717, 1.165) is 31.2 Å². The van der Waals surface area contributed by atoms with Gasteiger partial charge in [0.1, 0.15) is 0 Å². The summed E-state index contributed by atoms with van der Waals surface area (Å²) < 4.78 is 0. The van der Waals surface area contributed by atoms with Crippen LogP contribution in [0.3, 0.4) is 0 Å². The van der Waals surface area contributed by atoms with Crippen LogP contribution in [-0.4, -0.2) is 23.9 Å². The predicted molar refractivity (Wildman–Crippen MR) is 100 cm³/mol. The zero-order chi connectivity index (χ0) is 18.1. The molecule has 0 radical (unpaired) electrons. The summed E-state index contributed by atoms with van der Waals surface area (Å²) >= 11 is 0. The highest BCUT2D eigenvalue weighted by Crippen LogP contribution is 2.41. The number of fused-ring (bicyclic) bond motifs is 2. The maximum absolute atomic E-state index is 12.7. The predicted octanol–water partition coefficient (Wildman–Crippen LogP) is 2.35. The Morgan fingerprint density at radius 2 is 1.81 bits per heavy atom. The Labute approximate surface area is 155 Å². The molecule has 1 aromatic carbocycles. The molecule has 0 aromatic heterocycles. The van der Waals surface area contributed by atoms with Crippen LogP contribution in [-0.2, 0) is 11.3 Å². The van der Waals surface area contributed by atoms with Gasteiger partial charge in [0.15, 0.2) is 0 Å². The van der Waals surface area contributed by atoms with Crippen LogP contribution in [0, 0.1) is 17.8 Å². The monoisotopic (exact) mass is 355 g/mol. The lowest BCUT2D eigenvalue weighted by Crippen LogP contribution is -2.49. The highest BCUT2D eigenvalue weighted by molar-refractivity contribution is 5.94. The molecule has 1 aromatic rings. The Kier molecular flexibility index (Phi) is 4.98. The quantitative estimate of drug-likeness (QED) is 0.758. The summed E-state index contributed by atoms with van der Waals surface area (Å²) in [4.78, 5) is 24.8. The third kappa shape index (κ3) is 3.93. The highest BCUT2D eigenvalue weighted by Gasteiger charge is 2.40. The number of carbonyl (C=O) groups excluding carboxylic acids is 2. The Hall–Kier alpha value is -1.88.